The van der Waals surface area contributed by atoms with Crippen molar-refractivity contribution in [3.63, 3.8) is 0 Å². The second kappa shape index (κ2) is 4.18. The minimum Gasteiger partial charge on any atom is -0.404 e. The Kier molecular flexibility index (Phi) is 3.85. The van der Waals surface area contributed by atoms with Gasteiger partial charge < -0.3 is 10.7 Å². The molecule has 48 valence electrons. The van der Waals surface area contributed by atoms with Crippen LogP contribution in [0.25, 0.3) is 0 Å². The smallest absolute Gasteiger partial charge is 0.141 e. The first-order valence-corrected chi connectivity index (χ1v) is 2.89. The molecule has 0 aromatic carbocycles. The molecule has 0 heterocycles. The van der Waals surface area contributed by atoms with Gasteiger partial charge in [0.1, 0.15) is 7.85 Å². The van der Waals surface area contributed by atoms with Crippen LogP contribution in [0.1, 0.15) is 13.3 Å². The van der Waals surface area contributed by atoms with E-state index < -0.39 is 0 Å². The Morgan fingerprint density at radius 3 is 2.44 bits per heavy atom. The molecule has 0 aromatic heterocycles. The molecule has 2 nitrogen and oxygen atoms in total. The van der Waals surface area contributed by atoms with Gasteiger partial charge in [0.25, 0.3) is 0 Å². The lowest BCUT2D eigenvalue weighted by Gasteiger charge is -1.99. The third kappa shape index (κ3) is 2.35. The summed E-state index contributed by atoms with van der Waals surface area (Å²) in [5.74, 6) is 0. The van der Waals surface area contributed by atoms with Crippen molar-refractivity contribution in [2.24, 2.45) is 10.7 Å². The molecule has 0 fully saturated rings. The second-order valence-electron chi connectivity index (χ2n) is 1.65. The first-order valence-electron chi connectivity index (χ1n) is 2.89. The van der Waals surface area contributed by atoms with Crippen molar-refractivity contribution in [3.8, 4) is 0 Å². The number of nitrogens with zero attached hydrogens (tertiary/aromatic N) is 1. The molecule has 0 bridgehead atoms. The summed E-state index contributed by atoms with van der Waals surface area (Å²) in [5, 5.41) is 0. The summed E-state index contributed by atoms with van der Waals surface area (Å²) in [4.78, 5) is 3.78. The van der Waals surface area contributed by atoms with Crippen LogP contribution in [0.3, 0.4) is 0 Å². The van der Waals surface area contributed by atoms with Crippen molar-refractivity contribution >= 4 is 13.5 Å². The maximum Gasteiger partial charge on any atom is 0.141 e. The molecular weight excluding hydrogens is 111 g/mol. The average molecular weight is 122 g/mol. The van der Waals surface area contributed by atoms with Gasteiger partial charge in [0.15, 0.2) is 0 Å². The van der Waals surface area contributed by atoms with Crippen molar-refractivity contribution in [2.45, 2.75) is 13.3 Å². The van der Waals surface area contributed by atoms with Gasteiger partial charge >= 0.3 is 0 Å². The molecule has 2 N–H and O–H groups in total. The van der Waals surface area contributed by atoms with Gasteiger partial charge in [-0.3, -0.25) is 0 Å². The number of aliphatic imine (C=N–C) groups is 1. The molecule has 0 saturated heterocycles. The van der Waals surface area contributed by atoms with Crippen LogP contribution in [0.4, 0.5) is 0 Å². The average Bonchev–Trinajstić information content (AvgIpc) is 1.90. The first-order chi connectivity index (χ1) is 4.26. The van der Waals surface area contributed by atoms with Crippen LogP contribution < -0.4 is 5.73 Å². The van der Waals surface area contributed by atoms with E-state index in [1.165, 1.54) is 6.20 Å². The third-order valence-electron chi connectivity index (χ3n) is 1.15. The van der Waals surface area contributed by atoms with Gasteiger partial charge in [-0.25, -0.2) is 0 Å². The van der Waals surface area contributed by atoms with E-state index in [9.17, 15) is 0 Å². The van der Waals surface area contributed by atoms with E-state index in [4.69, 9.17) is 13.6 Å². The van der Waals surface area contributed by atoms with Gasteiger partial charge in [0.2, 0.25) is 0 Å². The summed E-state index contributed by atoms with van der Waals surface area (Å²) in [6, 6.07) is 0. The summed E-state index contributed by atoms with van der Waals surface area (Å²) >= 11 is 0. The Bertz CT molecular complexity index is 138. The molecule has 0 aliphatic carbocycles. The summed E-state index contributed by atoms with van der Waals surface area (Å²) < 4.78 is 0. The number of rotatable bonds is 2. The fourth-order valence-corrected chi connectivity index (χ4v) is 0.528. The molecular formula is C6H11BN2. The van der Waals surface area contributed by atoms with Crippen LogP contribution in [0.2, 0.25) is 0 Å². The topological polar surface area (TPSA) is 38.4 Å². The molecule has 0 aromatic rings. The van der Waals surface area contributed by atoms with Crippen LogP contribution in [-0.4, -0.2) is 20.5 Å². The van der Waals surface area contributed by atoms with Gasteiger partial charge in [-0.15, -0.1) is 0 Å². The van der Waals surface area contributed by atoms with Crippen LogP contribution in [0.5, 0.6) is 0 Å². The van der Waals surface area contributed by atoms with Gasteiger partial charge in [0.05, 0.1) is 0 Å². The molecule has 3 heteroatoms. The Hall–Kier alpha value is -0.725. The summed E-state index contributed by atoms with van der Waals surface area (Å²) in [5.41, 5.74) is 6.67. The summed E-state index contributed by atoms with van der Waals surface area (Å²) in [6.45, 7) is 1.98. The molecule has 0 saturated carbocycles. The quantitative estimate of drug-likeness (QED) is 0.418. The predicted octanol–water partition coefficient (Wildman–Crippen LogP) is 0.436. The fraction of sp³-hybridized carbons (Fsp3) is 0.500. The van der Waals surface area contributed by atoms with Crippen molar-refractivity contribution < 1.29 is 0 Å². The predicted molar refractivity (Wildman–Crippen MR) is 41.7 cm³/mol. The molecule has 9 heavy (non-hydrogen) atoms. The first kappa shape index (κ1) is 8.27. The second-order valence-corrected chi connectivity index (χ2v) is 1.65. The van der Waals surface area contributed by atoms with Gasteiger partial charge in [-0.2, -0.15) is 0 Å². The number of hydrogen-bond donors (Lipinski definition) is 1. The number of allylic oxidation sites excluding steroid dienone is 1. The normalized spacial score (nSPS) is 14.0. The van der Waals surface area contributed by atoms with Crippen LogP contribution >= 0.6 is 0 Å². The molecule has 0 unspecified atom stereocenters. The monoisotopic (exact) mass is 122 g/mol. The Labute approximate surface area is 57.3 Å². The van der Waals surface area contributed by atoms with Crippen LogP contribution in [0.15, 0.2) is 16.8 Å². The minimum absolute atomic E-state index is 0.528. The van der Waals surface area contributed by atoms with Crippen molar-refractivity contribution in [1.29, 1.82) is 0 Å². The van der Waals surface area contributed by atoms with E-state index >= 15 is 0 Å². The van der Waals surface area contributed by atoms with E-state index in [1.54, 1.807) is 7.05 Å². The van der Waals surface area contributed by atoms with Crippen LogP contribution in [0, 0.1) is 0 Å². The van der Waals surface area contributed by atoms with Crippen LogP contribution in [-0.2, 0) is 0 Å². The molecule has 0 aliphatic heterocycles. The van der Waals surface area contributed by atoms with E-state index in [0.29, 0.717) is 5.61 Å². The zero-order chi connectivity index (χ0) is 7.28. The van der Waals surface area contributed by atoms with Crippen molar-refractivity contribution in [1.82, 2.24) is 0 Å². The summed E-state index contributed by atoms with van der Waals surface area (Å²) in [6.07, 6.45) is 2.32. The maximum atomic E-state index is 5.44. The molecule has 0 amide bonds. The fourth-order valence-electron chi connectivity index (χ4n) is 0.528. The third-order valence-corrected chi connectivity index (χ3v) is 1.15. The zero-order valence-electron chi connectivity index (χ0n) is 5.89. The highest BCUT2D eigenvalue weighted by Crippen LogP contribution is 1.97. The van der Waals surface area contributed by atoms with E-state index in [0.717, 1.165) is 12.0 Å². The SMILES string of the molecule is [B]C(=NC)C(=CN)CC. The summed E-state index contributed by atoms with van der Waals surface area (Å²) in [7, 11) is 7.09. The lowest BCUT2D eigenvalue weighted by atomic mass is 9.92. The Morgan fingerprint density at radius 1 is 1.78 bits per heavy atom. The minimum atomic E-state index is 0.528. The van der Waals surface area contributed by atoms with Crippen molar-refractivity contribution in [2.75, 3.05) is 7.05 Å². The molecule has 0 aliphatic rings. The maximum absolute atomic E-state index is 5.44. The number of nitrogens with two attached hydrogens (primary N) is 1. The number of hydrogen-bond acceptors (Lipinski definition) is 2. The molecule has 2 radical (unpaired) electrons. The highest BCUT2D eigenvalue weighted by Gasteiger charge is 1.93. The van der Waals surface area contributed by atoms with Gasteiger partial charge in [-0.05, 0) is 23.8 Å². The zero-order valence-corrected chi connectivity index (χ0v) is 5.89. The molecule has 0 rings (SSSR count). The van der Waals surface area contributed by atoms with Gasteiger partial charge in [0, 0.05) is 7.05 Å². The highest BCUT2D eigenvalue weighted by molar-refractivity contribution is 6.64. The largest absolute Gasteiger partial charge is 0.404 e. The van der Waals surface area contributed by atoms with Gasteiger partial charge in [-0.1, -0.05) is 6.92 Å². The Morgan fingerprint density at radius 2 is 2.33 bits per heavy atom. The van der Waals surface area contributed by atoms with E-state index in [-0.39, 0.29) is 0 Å². The lowest BCUT2D eigenvalue weighted by molar-refractivity contribution is 1.16. The van der Waals surface area contributed by atoms with E-state index in [1.807, 2.05) is 6.92 Å². The molecule has 0 spiro atoms. The van der Waals surface area contributed by atoms with Crippen molar-refractivity contribution in [3.05, 3.63) is 11.8 Å². The Balaban J connectivity index is 4.14. The highest BCUT2D eigenvalue weighted by atomic mass is 14.7. The van der Waals surface area contributed by atoms with E-state index in [2.05, 4.69) is 4.99 Å². The standard InChI is InChI=1S/C6H11BN2/c1-3-5(4-8)6(7)9-2/h4H,3,8H2,1-2H3. The molecule has 0 atom stereocenters. The lowest BCUT2D eigenvalue weighted by Crippen LogP contribution is -2.03.